The van der Waals surface area contributed by atoms with Gasteiger partial charge in [-0.1, -0.05) is 0 Å². The molecule has 2 rings (SSSR count). The Morgan fingerprint density at radius 3 is 2.32 bits per heavy atom. The van der Waals surface area contributed by atoms with E-state index in [0.29, 0.717) is 19.0 Å². The molecule has 0 aliphatic heterocycles. The second-order valence-electron chi connectivity index (χ2n) is 5.74. The minimum atomic E-state index is -4.09. The van der Waals surface area contributed by atoms with Crippen molar-refractivity contribution in [2.75, 3.05) is 37.7 Å². The standard InChI is InChI=1S/C19H23FN2O5S/c1-3-27-17-8-6-16(7-9-17)22(14-19(23)21-12-13-26-2)28(24,25)18-10-4-15(20)5-11-18/h4-11H,3,12-14H2,1-2H3,(H,21,23). The van der Waals surface area contributed by atoms with Crippen LogP contribution >= 0.6 is 0 Å². The zero-order chi connectivity index (χ0) is 20.6. The van der Waals surface area contributed by atoms with E-state index in [1.165, 1.54) is 7.11 Å². The average Bonchev–Trinajstić information content (AvgIpc) is 2.67. The van der Waals surface area contributed by atoms with E-state index >= 15 is 0 Å². The quantitative estimate of drug-likeness (QED) is 0.607. The molecule has 0 aliphatic carbocycles. The summed E-state index contributed by atoms with van der Waals surface area (Å²) in [6.45, 7) is 2.43. The fourth-order valence-corrected chi connectivity index (χ4v) is 3.82. The average molecular weight is 410 g/mol. The molecule has 0 aliphatic rings. The van der Waals surface area contributed by atoms with E-state index in [0.717, 1.165) is 28.6 Å². The molecule has 0 radical (unpaired) electrons. The molecule has 0 unspecified atom stereocenters. The topological polar surface area (TPSA) is 84.9 Å². The zero-order valence-electron chi connectivity index (χ0n) is 15.7. The lowest BCUT2D eigenvalue weighted by molar-refractivity contribution is -0.119. The highest BCUT2D eigenvalue weighted by molar-refractivity contribution is 7.92. The molecule has 0 heterocycles. The molecule has 9 heteroatoms. The maximum absolute atomic E-state index is 13.2. The van der Waals surface area contributed by atoms with E-state index in [2.05, 4.69) is 5.32 Å². The zero-order valence-corrected chi connectivity index (χ0v) is 16.5. The minimum Gasteiger partial charge on any atom is -0.494 e. The van der Waals surface area contributed by atoms with Gasteiger partial charge in [-0.05, 0) is 55.5 Å². The summed E-state index contributed by atoms with van der Waals surface area (Å²) in [5.41, 5.74) is 0.287. The summed E-state index contributed by atoms with van der Waals surface area (Å²) in [6.07, 6.45) is 0. The van der Waals surface area contributed by atoms with Crippen molar-refractivity contribution in [3.63, 3.8) is 0 Å². The molecule has 0 saturated heterocycles. The van der Waals surface area contributed by atoms with Gasteiger partial charge in [0.15, 0.2) is 0 Å². The minimum absolute atomic E-state index is 0.118. The van der Waals surface area contributed by atoms with Gasteiger partial charge in [0.2, 0.25) is 5.91 Å². The largest absolute Gasteiger partial charge is 0.494 e. The van der Waals surface area contributed by atoms with E-state index in [9.17, 15) is 17.6 Å². The predicted octanol–water partition coefficient (Wildman–Crippen LogP) is 2.18. The van der Waals surface area contributed by atoms with E-state index in [1.807, 2.05) is 6.92 Å². The summed E-state index contributed by atoms with van der Waals surface area (Å²) in [5.74, 6) is -0.463. The van der Waals surface area contributed by atoms with E-state index in [1.54, 1.807) is 24.3 Å². The van der Waals surface area contributed by atoms with Crippen LogP contribution in [0, 0.1) is 5.82 Å². The number of benzene rings is 2. The summed E-state index contributed by atoms with van der Waals surface area (Å²) < 4.78 is 50.6. The van der Waals surface area contributed by atoms with Gasteiger partial charge >= 0.3 is 0 Å². The van der Waals surface area contributed by atoms with Crippen LogP contribution in [0.15, 0.2) is 53.4 Å². The number of hydrogen-bond acceptors (Lipinski definition) is 5. The van der Waals surface area contributed by atoms with Gasteiger partial charge in [-0.3, -0.25) is 9.10 Å². The Labute approximate surface area is 164 Å². The second kappa shape index (κ2) is 10.0. The molecule has 152 valence electrons. The van der Waals surface area contributed by atoms with Gasteiger partial charge in [0.25, 0.3) is 10.0 Å². The van der Waals surface area contributed by atoms with Crippen LogP contribution in [-0.2, 0) is 19.6 Å². The smallest absolute Gasteiger partial charge is 0.264 e. The molecule has 0 aromatic heterocycles. The molecule has 2 aromatic rings. The Morgan fingerprint density at radius 1 is 1.11 bits per heavy atom. The number of amides is 1. The van der Waals surface area contributed by atoms with Crippen molar-refractivity contribution >= 4 is 21.6 Å². The lowest BCUT2D eigenvalue weighted by Crippen LogP contribution is -2.41. The maximum atomic E-state index is 13.2. The number of carbonyl (C=O) groups excluding carboxylic acids is 1. The summed E-state index contributed by atoms with van der Waals surface area (Å²) in [6, 6.07) is 10.8. The van der Waals surface area contributed by atoms with E-state index < -0.39 is 28.3 Å². The van der Waals surface area contributed by atoms with E-state index in [-0.39, 0.29) is 17.1 Å². The number of methoxy groups -OCH3 is 1. The maximum Gasteiger partial charge on any atom is 0.264 e. The number of anilines is 1. The van der Waals surface area contributed by atoms with Gasteiger partial charge in [0, 0.05) is 13.7 Å². The number of hydrogen-bond donors (Lipinski definition) is 1. The van der Waals surface area contributed by atoms with E-state index in [4.69, 9.17) is 9.47 Å². The van der Waals surface area contributed by atoms with Crippen molar-refractivity contribution in [1.29, 1.82) is 0 Å². The predicted molar refractivity (Wildman–Crippen MR) is 103 cm³/mol. The number of sulfonamides is 1. The molecule has 28 heavy (non-hydrogen) atoms. The van der Waals surface area contributed by atoms with Crippen molar-refractivity contribution in [1.82, 2.24) is 5.32 Å². The number of ether oxygens (including phenoxy) is 2. The van der Waals surface area contributed by atoms with Gasteiger partial charge in [-0.25, -0.2) is 12.8 Å². The number of halogens is 1. The number of nitrogens with zero attached hydrogens (tertiary/aromatic N) is 1. The van der Waals surface area contributed by atoms with Crippen molar-refractivity contribution in [2.45, 2.75) is 11.8 Å². The monoisotopic (exact) mass is 410 g/mol. The Balaban J connectivity index is 2.34. The first-order valence-corrected chi connectivity index (χ1v) is 10.1. The van der Waals surface area contributed by atoms with Crippen molar-refractivity contribution < 1.29 is 27.1 Å². The van der Waals surface area contributed by atoms with Crippen LogP contribution in [-0.4, -0.2) is 47.7 Å². The third-order valence-electron chi connectivity index (χ3n) is 3.75. The van der Waals surface area contributed by atoms with Crippen molar-refractivity contribution in [2.24, 2.45) is 0 Å². The third kappa shape index (κ3) is 5.67. The molecule has 1 N–H and O–H groups in total. The molecule has 0 saturated carbocycles. The molecule has 0 fully saturated rings. The lowest BCUT2D eigenvalue weighted by Gasteiger charge is -2.24. The first-order valence-electron chi connectivity index (χ1n) is 8.65. The number of nitrogens with one attached hydrogen (secondary N) is 1. The van der Waals surface area contributed by atoms with Crippen LogP contribution < -0.4 is 14.4 Å². The number of carbonyl (C=O) groups is 1. The normalized spacial score (nSPS) is 11.1. The molecule has 0 spiro atoms. The Kier molecular flexibility index (Phi) is 7.77. The molecule has 2 aromatic carbocycles. The Bertz CT molecular complexity index is 870. The summed E-state index contributed by atoms with van der Waals surface area (Å²) in [4.78, 5) is 12.1. The van der Waals surface area contributed by atoms with Crippen LogP contribution in [0.3, 0.4) is 0 Å². The highest BCUT2D eigenvalue weighted by Gasteiger charge is 2.27. The van der Waals surface area contributed by atoms with Crippen molar-refractivity contribution in [3.8, 4) is 5.75 Å². The SMILES string of the molecule is CCOc1ccc(N(CC(=O)NCCOC)S(=O)(=O)c2ccc(F)cc2)cc1. The molecule has 7 nitrogen and oxygen atoms in total. The Hall–Kier alpha value is -2.65. The highest BCUT2D eigenvalue weighted by Crippen LogP contribution is 2.26. The summed E-state index contributed by atoms with van der Waals surface area (Å²) >= 11 is 0. The van der Waals surface area contributed by atoms with Crippen LogP contribution in [0.4, 0.5) is 10.1 Å². The third-order valence-corrected chi connectivity index (χ3v) is 5.54. The fraction of sp³-hybridized carbons (Fsp3) is 0.316. The molecule has 0 atom stereocenters. The first-order chi connectivity index (χ1) is 13.4. The van der Waals surface area contributed by atoms with Crippen LogP contribution in [0.2, 0.25) is 0 Å². The van der Waals surface area contributed by atoms with Crippen LogP contribution in [0.25, 0.3) is 0 Å². The Morgan fingerprint density at radius 2 is 1.75 bits per heavy atom. The summed E-state index contributed by atoms with van der Waals surface area (Å²) in [7, 11) is -2.59. The number of rotatable bonds is 10. The molecular formula is C19H23FN2O5S. The van der Waals surface area contributed by atoms with Crippen molar-refractivity contribution in [3.05, 3.63) is 54.3 Å². The van der Waals surface area contributed by atoms with Gasteiger partial charge in [0.1, 0.15) is 18.1 Å². The van der Waals surface area contributed by atoms with Gasteiger partial charge in [0.05, 0.1) is 23.8 Å². The van der Waals surface area contributed by atoms with Gasteiger partial charge in [-0.15, -0.1) is 0 Å². The molecular weight excluding hydrogens is 387 g/mol. The molecule has 0 bridgehead atoms. The highest BCUT2D eigenvalue weighted by atomic mass is 32.2. The fourth-order valence-electron chi connectivity index (χ4n) is 2.40. The summed E-state index contributed by atoms with van der Waals surface area (Å²) in [5, 5.41) is 2.59. The molecule has 1 amide bonds. The van der Waals surface area contributed by atoms with Crippen LogP contribution in [0.5, 0.6) is 5.75 Å². The van der Waals surface area contributed by atoms with Gasteiger partial charge < -0.3 is 14.8 Å². The second-order valence-corrected chi connectivity index (χ2v) is 7.60. The van der Waals surface area contributed by atoms with Crippen LogP contribution in [0.1, 0.15) is 6.92 Å². The lowest BCUT2D eigenvalue weighted by atomic mass is 10.3. The first kappa shape index (κ1) is 21.6. The van der Waals surface area contributed by atoms with Gasteiger partial charge in [-0.2, -0.15) is 0 Å².